The van der Waals surface area contributed by atoms with Gasteiger partial charge < -0.3 is 5.32 Å². The first-order chi connectivity index (χ1) is 19.2. The van der Waals surface area contributed by atoms with Gasteiger partial charge in [-0.25, -0.2) is 0 Å². The van der Waals surface area contributed by atoms with Crippen molar-refractivity contribution in [3.63, 3.8) is 0 Å². The molecule has 2 aromatic rings. The van der Waals surface area contributed by atoms with Gasteiger partial charge in [0.05, 0.1) is 0 Å². The molecule has 196 valence electrons. The Kier molecular flexibility index (Phi) is 12.7. The van der Waals surface area contributed by atoms with Crippen molar-refractivity contribution >= 4 is 5.57 Å². The van der Waals surface area contributed by atoms with Gasteiger partial charge in [-0.05, 0) is 97.7 Å². The summed E-state index contributed by atoms with van der Waals surface area (Å²) in [5, 5.41) is 3.41. The predicted molar refractivity (Wildman–Crippen MR) is 171 cm³/mol. The number of benzene rings is 2. The third kappa shape index (κ3) is 10.0. The van der Waals surface area contributed by atoms with E-state index in [4.69, 9.17) is 0 Å². The summed E-state index contributed by atoms with van der Waals surface area (Å²) in [4.78, 5) is 0. The van der Waals surface area contributed by atoms with E-state index in [1.165, 1.54) is 27.8 Å². The maximum Gasteiger partial charge on any atom is 0.0376 e. The van der Waals surface area contributed by atoms with Gasteiger partial charge in [0.1, 0.15) is 0 Å². The first kappa shape index (κ1) is 29.0. The molecule has 0 heterocycles. The van der Waals surface area contributed by atoms with Gasteiger partial charge in [0.2, 0.25) is 0 Å². The normalized spacial score (nSPS) is 16.4. The highest BCUT2D eigenvalue weighted by Crippen LogP contribution is 2.36. The fourth-order valence-corrected chi connectivity index (χ4v) is 4.27. The van der Waals surface area contributed by atoms with Crippen molar-refractivity contribution < 1.29 is 0 Å². The second kappa shape index (κ2) is 17.1. The van der Waals surface area contributed by atoms with E-state index in [1.54, 1.807) is 0 Å². The zero-order valence-corrected chi connectivity index (χ0v) is 23.4. The van der Waals surface area contributed by atoms with Crippen molar-refractivity contribution in [1.29, 1.82) is 0 Å². The molecule has 0 saturated heterocycles. The number of hydrogen-bond acceptors (Lipinski definition) is 1. The van der Waals surface area contributed by atoms with Crippen LogP contribution in [0.5, 0.6) is 0 Å². The smallest absolute Gasteiger partial charge is 0.0376 e. The Balaban J connectivity index is 1.65. The molecule has 2 aromatic carbocycles. The zero-order chi connectivity index (χ0) is 27.5. The van der Waals surface area contributed by atoms with Crippen LogP contribution in [-0.2, 0) is 12.8 Å². The van der Waals surface area contributed by atoms with Crippen LogP contribution in [0.3, 0.4) is 0 Å². The average molecular weight is 510 g/mol. The minimum absolute atomic E-state index is 0.957. The Morgan fingerprint density at radius 3 is 2.49 bits per heavy atom. The second-order valence-electron chi connectivity index (χ2n) is 9.08. The summed E-state index contributed by atoms with van der Waals surface area (Å²) >= 11 is 0. The van der Waals surface area contributed by atoms with E-state index < -0.39 is 0 Å². The molecular weight excluding hydrogens is 470 g/mol. The summed E-state index contributed by atoms with van der Waals surface area (Å²) in [6, 6.07) is 19.2. The average Bonchev–Trinajstić information content (AvgIpc) is 3.32. The van der Waals surface area contributed by atoms with Crippen molar-refractivity contribution in [3.8, 4) is 11.8 Å². The number of rotatable bonds is 11. The number of hydrogen-bond donors (Lipinski definition) is 1. The zero-order valence-electron chi connectivity index (χ0n) is 23.4. The van der Waals surface area contributed by atoms with Crippen molar-refractivity contribution in [1.82, 2.24) is 5.32 Å². The molecule has 1 nitrogen and oxygen atoms in total. The molecule has 3 rings (SSSR count). The van der Waals surface area contributed by atoms with E-state index in [2.05, 4.69) is 139 Å². The minimum Gasteiger partial charge on any atom is -0.362 e. The molecule has 1 heteroatoms. The molecule has 1 aliphatic carbocycles. The summed E-state index contributed by atoms with van der Waals surface area (Å²) in [7, 11) is 0. The van der Waals surface area contributed by atoms with Crippen LogP contribution in [0.4, 0.5) is 0 Å². The lowest BCUT2D eigenvalue weighted by Gasteiger charge is -2.02. The van der Waals surface area contributed by atoms with Crippen LogP contribution < -0.4 is 5.32 Å². The number of fused-ring (bicyclic) bond motifs is 1. The number of aryl methyl sites for hydroxylation is 1. The molecule has 0 amide bonds. The lowest BCUT2D eigenvalue weighted by Crippen LogP contribution is -2.01. The van der Waals surface area contributed by atoms with Crippen LogP contribution in [0.25, 0.3) is 5.57 Å². The highest BCUT2D eigenvalue weighted by Gasteiger charge is 2.19. The Labute approximate surface area is 235 Å². The predicted octanol–water partition coefficient (Wildman–Crippen LogP) is 9.39. The molecule has 0 fully saturated rings. The van der Waals surface area contributed by atoms with Gasteiger partial charge in [0.15, 0.2) is 0 Å². The Bertz CT molecular complexity index is 1400. The van der Waals surface area contributed by atoms with Gasteiger partial charge in [-0.2, -0.15) is 0 Å². The van der Waals surface area contributed by atoms with E-state index in [0.717, 1.165) is 30.5 Å². The van der Waals surface area contributed by atoms with E-state index in [1.807, 2.05) is 39.1 Å². The quantitative estimate of drug-likeness (QED) is 0.235. The van der Waals surface area contributed by atoms with Crippen molar-refractivity contribution in [2.24, 2.45) is 0 Å². The van der Waals surface area contributed by atoms with Crippen molar-refractivity contribution in [2.75, 3.05) is 0 Å². The topological polar surface area (TPSA) is 12.0 Å². The van der Waals surface area contributed by atoms with E-state index in [-0.39, 0.29) is 0 Å². The van der Waals surface area contributed by atoms with Crippen LogP contribution in [-0.4, -0.2) is 0 Å². The Morgan fingerprint density at radius 2 is 1.69 bits per heavy atom. The Hall–Kier alpha value is -4.54. The maximum atomic E-state index is 3.41. The first-order valence-corrected chi connectivity index (χ1v) is 13.6. The van der Waals surface area contributed by atoms with Gasteiger partial charge in [0, 0.05) is 11.9 Å². The molecule has 0 bridgehead atoms. The van der Waals surface area contributed by atoms with Gasteiger partial charge >= 0.3 is 0 Å². The third-order valence-corrected chi connectivity index (χ3v) is 6.18. The van der Waals surface area contributed by atoms with E-state index in [0.29, 0.717) is 0 Å². The summed E-state index contributed by atoms with van der Waals surface area (Å²) in [6.07, 6.45) is 32.3. The van der Waals surface area contributed by atoms with Crippen LogP contribution in [0, 0.1) is 11.8 Å². The molecule has 0 aliphatic heterocycles. The lowest BCUT2D eigenvalue weighted by molar-refractivity contribution is 1.00. The molecule has 0 saturated carbocycles. The van der Waals surface area contributed by atoms with Gasteiger partial charge in [-0.1, -0.05) is 115 Å². The van der Waals surface area contributed by atoms with Gasteiger partial charge in [0.25, 0.3) is 0 Å². The summed E-state index contributed by atoms with van der Waals surface area (Å²) < 4.78 is 0. The van der Waals surface area contributed by atoms with Crippen LogP contribution in [0.1, 0.15) is 43.9 Å². The van der Waals surface area contributed by atoms with Crippen molar-refractivity contribution in [3.05, 3.63) is 173 Å². The highest BCUT2D eigenvalue weighted by atomic mass is 14.8. The largest absolute Gasteiger partial charge is 0.362 e. The fraction of sp³-hybridized carbons (Fsp3) is 0.158. The van der Waals surface area contributed by atoms with Crippen LogP contribution in [0.2, 0.25) is 0 Å². The Morgan fingerprint density at radius 1 is 0.872 bits per heavy atom. The summed E-state index contributed by atoms with van der Waals surface area (Å²) in [5.74, 6) is 6.03. The molecule has 0 atom stereocenters. The standard InChI is InChI=1S/C38H39N/c1-4-7-19-32(22-12-13-23-33-20-10-9-11-21-33)24-16-27-36(18-6-3)39-30-17-26-35-31-34-25-14-15-29-38(34)37(35)28-8-5-2/h5-6,8-12,14-22,24-30,39H,13,23,31H2,1-3H3/b8-5-,18-6-,22-12-,24-16+,30-17+,32-19+,35-26-,36-27+,37-28+. The van der Waals surface area contributed by atoms with E-state index >= 15 is 0 Å². The third-order valence-electron chi connectivity index (χ3n) is 6.18. The molecule has 0 unspecified atom stereocenters. The van der Waals surface area contributed by atoms with Gasteiger partial charge in [-0.3, -0.25) is 0 Å². The molecular formula is C38H39N. The maximum absolute atomic E-state index is 3.41. The summed E-state index contributed by atoms with van der Waals surface area (Å²) in [5.41, 5.74) is 8.78. The van der Waals surface area contributed by atoms with E-state index in [9.17, 15) is 0 Å². The highest BCUT2D eigenvalue weighted by molar-refractivity contribution is 5.87. The SMILES string of the molecule is CC#C/C=C(\C=C/CCc1ccccc1)/C=C/C=C(\C=C/C)N/C=C/C=C1/Cc2ccccc2/C1=C/C=C\C. The van der Waals surface area contributed by atoms with Crippen molar-refractivity contribution in [2.45, 2.75) is 40.0 Å². The molecule has 0 radical (unpaired) electrons. The van der Waals surface area contributed by atoms with Crippen LogP contribution in [0.15, 0.2) is 157 Å². The molecule has 0 aromatic heterocycles. The lowest BCUT2D eigenvalue weighted by atomic mass is 10.0. The molecule has 1 aliphatic rings. The molecule has 1 N–H and O–H groups in total. The number of allylic oxidation sites excluding steroid dienone is 16. The number of nitrogens with one attached hydrogen (secondary N) is 1. The van der Waals surface area contributed by atoms with Gasteiger partial charge in [-0.15, -0.1) is 5.92 Å². The molecule has 39 heavy (non-hydrogen) atoms. The second-order valence-corrected chi connectivity index (χ2v) is 9.08. The molecule has 0 spiro atoms. The fourth-order valence-electron chi connectivity index (χ4n) is 4.27. The van der Waals surface area contributed by atoms with Crippen LogP contribution >= 0.6 is 0 Å². The summed E-state index contributed by atoms with van der Waals surface area (Å²) in [6.45, 7) is 5.93. The monoisotopic (exact) mass is 509 g/mol. The first-order valence-electron chi connectivity index (χ1n) is 13.6. The minimum atomic E-state index is 0.957.